The van der Waals surface area contributed by atoms with Gasteiger partial charge in [0.25, 0.3) is 0 Å². The first-order valence-corrected chi connectivity index (χ1v) is 10.9. The predicted molar refractivity (Wildman–Crippen MR) is 125 cm³/mol. The number of aldehydes is 1. The summed E-state index contributed by atoms with van der Waals surface area (Å²) in [6.45, 7) is -0.813. The van der Waals surface area contributed by atoms with Crippen LogP contribution in [0.15, 0.2) is 91.0 Å². The molecule has 8 nitrogen and oxygen atoms in total. The molecule has 0 radical (unpaired) electrons. The SMILES string of the molecule is O=C[C@H](OC(=O)c1ccccc1)[C@@H](OC(=O)c1ccccc1)[C@@H](F)[C@H](O)COC(=O)c1ccccc1. The zero-order valence-electron chi connectivity index (χ0n) is 18.9. The number of carbonyl (C=O) groups is 4. The molecule has 0 amide bonds. The summed E-state index contributed by atoms with van der Waals surface area (Å²) in [5, 5.41) is 10.4. The van der Waals surface area contributed by atoms with Crippen LogP contribution in [0.25, 0.3) is 0 Å². The molecule has 0 aliphatic carbocycles. The minimum absolute atomic E-state index is 0.0405. The van der Waals surface area contributed by atoms with Gasteiger partial charge in [-0.25, -0.2) is 18.8 Å². The van der Waals surface area contributed by atoms with Crippen molar-refractivity contribution in [2.45, 2.75) is 24.5 Å². The number of hydrogen-bond donors (Lipinski definition) is 1. The molecular weight excluding hydrogens is 471 g/mol. The molecular formula is C27H23FO8. The monoisotopic (exact) mass is 494 g/mol. The molecule has 0 aromatic heterocycles. The quantitative estimate of drug-likeness (QED) is 0.245. The number of benzene rings is 3. The van der Waals surface area contributed by atoms with Crippen LogP contribution in [0.2, 0.25) is 0 Å². The van der Waals surface area contributed by atoms with E-state index in [1.807, 2.05) is 0 Å². The summed E-state index contributed by atoms with van der Waals surface area (Å²) in [6, 6.07) is 23.0. The van der Waals surface area contributed by atoms with Gasteiger partial charge in [0.1, 0.15) is 12.7 Å². The van der Waals surface area contributed by atoms with E-state index in [-0.39, 0.29) is 23.0 Å². The second-order valence-corrected chi connectivity index (χ2v) is 7.58. The van der Waals surface area contributed by atoms with Crippen molar-refractivity contribution in [2.24, 2.45) is 0 Å². The molecule has 36 heavy (non-hydrogen) atoms. The molecule has 1 N–H and O–H groups in total. The van der Waals surface area contributed by atoms with Crippen molar-refractivity contribution in [3.63, 3.8) is 0 Å². The third-order valence-corrected chi connectivity index (χ3v) is 5.04. The van der Waals surface area contributed by atoms with Crippen molar-refractivity contribution in [3.8, 4) is 0 Å². The zero-order valence-corrected chi connectivity index (χ0v) is 18.9. The number of carbonyl (C=O) groups excluding carboxylic acids is 4. The molecule has 0 saturated heterocycles. The number of aliphatic hydroxyl groups excluding tert-OH is 1. The Labute approximate surface area is 206 Å². The van der Waals surface area contributed by atoms with E-state index in [1.165, 1.54) is 36.4 Å². The molecule has 0 spiro atoms. The first kappa shape index (κ1) is 26.2. The summed E-state index contributed by atoms with van der Waals surface area (Å²) >= 11 is 0. The Morgan fingerprint density at radius 3 is 1.58 bits per heavy atom. The summed E-state index contributed by atoms with van der Waals surface area (Å²) in [5.74, 6) is -2.80. The highest BCUT2D eigenvalue weighted by Crippen LogP contribution is 2.19. The Morgan fingerprint density at radius 1 is 0.722 bits per heavy atom. The van der Waals surface area contributed by atoms with Gasteiger partial charge in [-0.05, 0) is 36.4 Å². The van der Waals surface area contributed by atoms with E-state index in [0.29, 0.717) is 0 Å². The Balaban J connectivity index is 1.77. The van der Waals surface area contributed by atoms with Crippen LogP contribution in [-0.4, -0.2) is 60.4 Å². The second-order valence-electron chi connectivity index (χ2n) is 7.58. The first-order chi connectivity index (χ1) is 17.4. The number of esters is 3. The van der Waals surface area contributed by atoms with Gasteiger partial charge in [0.2, 0.25) is 0 Å². The summed E-state index contributed by atoms with van der Waals surface area (Å²) in [6.07, 6.45) is -8.31. The lowest BCUT2D eigenvalue weighted by molar-refractivity contribution is -0.130. The van der Waals surface area contributed by atoms with E-state index >= 15 is 4.39 Å². The van der Waals surface area contributed by atoms with Crippen molar-refractivity contribution in [1.29, 1.82) is 0 Å². The predicted octanol–water partition coefficient (Wildman–Crippen LogP) is 3.19. The van der Waals surface area contributed by atoms with Gasteiger partial charge in [0.05, 0.1) is 16.7 Å². The normalized spacial score (nSPS) is 13.9. The number of ether oxygens (including phenoxy) is 3. The van der Waals surface area contributed by atoms with Crippen LogP contribution in [0.3, 0.4) is 0 Å². The van der Waals surface area contributed by atoms with E-state index in [2.05, 4.69) is 0 Å². The first-order valence-electron chi connectivity index (χ1n) is 10.9. The van der Waals surface area contributed by atoms with Gasteiger partial charge in [0, 0.05) is 0 Å². The summed E-state index contributed by atoms with van der Waals surface area (Å²) < 4.78 is 30.6. The average Bonchev–Trinajstić information content (AvgIpc) is 2.94. The highest BCUT2D eigenvalue weighted by atomic mass is 19.1. The third-order valence-electron chi connectivity index (χ3n) is 5.04. The average molecular weight is 494 g/mol. The lowest BCUT2D eigenvalue weighted by atomic mass is 10.0. The van der Waals surface area contributed by atoms with Crippen LogP contribution in [-0.2, 0) is 19.0 Å². The summed E-state index contributed by atoms with van der Waals surface area (Å²) in [4.78, 5) is 49.0. The van der Waals surface area contributed by atoms with Crippen LogP contribution in [0.5, 0.6) is 0 Å². The lowest BCUT2D eigenvalue weighted by Gasteiger charge is -2.28. The van der Waals surface area contributed by atoms with E-state index < -0.39 is 49.0 Å². The summed E-state index contributed by atoms with van der Waals surface area (Å²) in [5.41, 5.74) is 0.290. The van der Waals surface area contributed by atoms with Crippen LogP contribution < -0.4 is 0 Å². The minimum Gasteiger partial charge on any atom is -0.459 e. The maximum absolute atomic E-state index is 15.4. The fourth-order valence-electron chi connectivity index (χ4n) is 3.15. The van der Waals surface area contributed by atoms with Gasteiger partial charge >= 0.3 is 17.9 Å². The Kier molecular flexibility index (Phi) is 9.41. The summed E-state index contributed by atoms with van der Waals surface area (Å²) in [7, 11) is 0. The van der Waals surface area contributed by atoms with Gasteiger partial charge in [-0.3, -0.25) is 4.79 Å². The van der Waals surface area contributed by atoms with E-state index in [9.17, 15) is 24.3 Å². The number of halogens is 1. The van der Waals surface area contributed by atoms with Crippen LogP contribution in [0, 0.1) is 0 Å². The molecule has 0 fully saturated rings. The van der Waals surface area contributed by atoms with Crippen LogP contribution in [0.4, 0.5) is 4.39 Å². The molecule has 0 saturated carbocycles. The van der Waals surface area contributed by atoms with E-state index in [0.717, 1.165) is 0 Å². The van der Waals surface area contributed by atoms with E-state index in [1.54, 1.807) is 54.6 Å². The fraction of sp³-hybridized carbons (Fsp3) is 0.185. The highest BCUT2D eigenvalue weighted by Gasteiger charge is 2.40. The zero-order chi connectivity index (χ0) is 25.9. The van der Waals surface area contributed by atoms with Gasteiger partial charge in [-0.1, -0.05) is 54.6 Å². The number of rotatable bonds is 11. The molecule has 0 aliphatic rings. The van der Waals surface area contributed by atoms with Gasteiger partial charge in [-0.2, -0.15) is 0 Å². The Morgan fingerprint density at radius 2 is 1.14 bits per heavy atom. The lowest BCUT2D eigenvalue weighted by Crippen LogP contribution is -2.48. The van der Waals surface area contributed by atoms with Crippen LogP contribution >= 0.6 is 0 Å². The van der Waals surface area contributed by atoms with Crippen molar-refractivity contribution in [2.75, 3.05) is 6.61 Å². The smallest absolute Gasteiger partial charge is 0.338 e. The molecule has 0 unspecified atom stereocenters. The Bertz CT molecular complexity index is 1150. The largest absolute Gasteiger partial charge is 0.459 e. The minimum atomic E-state index is -2.46. The molecule has 3 aromatic carbocycles. The number of aliphatic hydroxyl groups is 1. The van der Waals surface area contributed by atoms with E-state index in [4.69, 9.17) is 14.2 Å². The van der Waals surface area contributed by atoms with Crippen LogP contribution in [0.1, 0.15) is 31.1 Å². The molecule has 0 aliphatic heterocycles. The maximum Gasteiger partial charge on any atom is 0.338 e. The van der Waals surface area contributed by atoms with Crippen molar-refractivity contribution in [3.05, 3.63) is 108 Å². The number of hydrogen-bond acceptors (Lipinski definition) is 8. The molecule has 186 valence electrons. The topological polar surface area (TPSA) is 116 Å². The molecule has 3 aromatic rings. The molecule has 3 rings (SSSR count). The van der Waals surface area contributed by atoms with Gasteiger partial charge in [-0.15, -0.1) is 0 Å². The van der Waals surface area contributed by atoms with Gasteiger partial charge < -0.3 is 19.3 Å². The molecule has 0 heterocycles. The maximum atomic E-state index is 15.4. The standard InChI is InChI=1S/C27H23FO8/c28-23(21(30)17-34-25(31)18-10-4-1-5-11-18)24(36-27(33)20-14-8-3-9-15-20)22(16-29)35-26(32)19-12-6-2-7-13-19/h1-16,21-24,30H,17H2/t21-,22+,23+,24-/m1/s1. The highest BCUT2D eigenvalue weighted by molar-refractivity contribution is 5.91. The third kappa shape index (κ3) is 7.07. The number of alkyl halides is 1. The second kappa shape index (κ2) is 12.9. The molecule has 0 bridgehead atoms. The van der Waals surface area contributed by atoms with Crippen molar-refractivity contribution in [1.82, 2.24) is 0 Å². The van der Waals surface area contributed by atoms with Gasteiger partial charge in [0.15, 0.2) is 24.7 Å². The Hall–Kier alpha value is -4.37. The fourth-order valence-corrected chi connectivity index (χ4v) is 3.15. The van der Waals surface area contributed by atoms with Crippen molar-refractivity contribution < 1.29 is 42.9 Å². The van der Waals surface area contributed by atoms with Crippen molar-refractivity contribution >= 4 is 24.2 Å². The molecule has 4 atom stereocenters. The molecule has 9 heteroatoms.